The second kappa shape index (κ2) is 5.48. The zero-order chi connectivity index (χ0) is 17.8. The van der Waals surface area contributed by atoms with Gasteiger partial charge in [-0.2, -0.15) is 5.10 Å². The third kappa shape index (κ3) is 2.11. The molecule has 0 spiro atoms. The Morgan fingerprint density at radius 1 is 1.27 bits per heavy atom. The Labute approximate surface area is 152 Å². The first kappa shape index (κ1) is 15.2. The molecular formula is C18H14ClN5O2. The van der Waals surface area contributed by atoms with Crippen LogP contribution in [0.3, 0.4) is 0 Å². The van der Waals surface area contributed by atoms with Gasteiger partial charge in [0.25, 0.3) is 0 Å². The minimum absolute atomic E-state index is 0.487. The predicted molar refractivity (Wildman–Crippen MR) is 101 cm³/mol. The second-order valence-electron chi connectivity index (χ2n) is 6.01. The molecule has 1 aliphatic heterocycles. The van der Waals surface area contributed by atoms with Crippen LogP contribution in [0.25, 0.3) is 21.9 Å². The number of aliphatic hydroxyl groups is 1. The lowest BCUT2D eigenvalue weighted by Crippen LogP contribution is -2.38. The minimum Gasteiger partial charge on any atom is -0.451 e. The van der Waals surface area contributed by atoms with E-state index in [9.17, 15) is 5.11 Å². The van der Waals surface area contributed by atoms with Gasteiger partial charge in [-0.05, 0) is 36.4 Å². The lowest BCUT2D eigenvalue weighted by molar-refractivity contribution is 0.188. The van der Waals surface area contributed by atoms with Crippen molar-refractivity contribution >= 4 is 50.7 Å². The molecule has 0 radical (unpaired) electrons. The highest BCUT2D eigenvalue weighted by molar-refractivity contribution is 6.31. The fraction of sp³-hybridized carbons (Fsp3) is 0.111. The van der Waals surface area contributed by atoms with E-state index >= 15 is 0 Å². The maximum absolute atomic E-state index is 10.7. The van der Waals surface area contributed by atoms with Gasteiger partial charge in [-0.15, -0.1) is 0 Å². The molecule has 1 aliphatic rings. The number of hydrogen-bond donors (Lipinski definition) is 3. The van der Waals surface area contributed by atoms with Crippen LogP contribution in [0.15, 0.2) is 52.0 Å². The Morgan fingerprint density at radius 3 is 3.00 bits per heavy atom. The maximum atomic E-state index is 10.7. The molecule has 0 amide bonds. The zero-order valence-electron chi connectivity index (χ0n) is 13.7. The fourth-order valence-corrected chi connectivity index (χ4v) is 3.50. The van der Waals surface area contributed by atoms with E-state index in [2.05, 4.69) is 20.5 Å². The molecule has 26 heavy (non-hydrogen) atoms. The molecule has 0 saturated carbocycles. The van der Waals surface area contributed by atoms with Gasteiger partial charge in [0.1, 0.15) is 11.3 Å². The smallest absolute Gasteiger partial charge is 0.232 e. The van der Waals surface area contributed by atoms with Crippen molar-refractivity contribution in [2.75, 3.05) is 11.9 Å². The van der Waals surface area contributed by atoms with Gasteiger partial charge in [-0.25, -0.2) is 4.99 Å². The summed E-state index contributed by atoms with van der Waals surface area (Å²) in [6, 6.07) is 11.2. The van der Waals surface area contributed by atoms with Crippen LogP contribution in [0.4, 0.5) is 11.4 Å². The normalized spacial score (nSPS) is 16.8. The van der Waals surface area contributed by atoms with Gasteiger partial charge in [0, 0.05) is 28.5 Å². The number of hydrogen-bond acceptors (Lipinski definition) is 6. The summed E-state index contributed by atoms with van der Waals surface area (Å²) in [6.07, 6.45) is 0.636. The number of furan rings is 1. The quantitative estimate of drug-likeness (QED) is 0.480. The summed E-state index contributed by atoms with van der Waals surface area (Å²) < 4.78 is 6.00. The summed E-state index contributed by atoms with van der Waals surface area (Å²) >= 11 is 6.20. The van der Waals surface area contributed by atoms with Gasteiger partial charge < -0.3 is 14.8 Å². The molecule has 0 fully saturated rings. The molecule has 2 aromatic heterocycles. The fourth-order valence-electron chi connectivity index (χ4n) is 3.32. The summed E-state index contributed by atoms with van der Waals surface area (Å²) in [5.41, 5.74) is 3.08. The largest absolute Gasteiger partial charge is 0.451 e. The Kier molecular flexibility index (Phi) is 3.22. The van der Waals surface area contributed by atoms with E-state index in [1.165, 1.54) is 0 Å². The average Bonchev–Trinajstić information content (AvgIpc) is 3.25. The van der Waals surface area contributed by atoms with E-state index in [0.29, 0.717) is 22.2 Å². The first-order chi connectivity index (χ1) is 12.7. The number of nitrogens with zero attached hydrogens (tertiary/aromatic N) is 3. The van der Waals surface area contributed by atoms with E-state index in [1.54, 1.807) is 24.2 Å². The molecule has 8 heteroatoms. The van der Waals surface area contributed by atoms with Crippen molar-refractivity contribution in [3.8, 4) is 0 Å². The van der Waals surface area contributed by atoms with E-state index in [4.69, 9.17) is 16.0 Å². The molecule has 2 aromatic carbocycles. The lowest BCUT2D eigenvalue weighted by Gasteiger charge is -2.31. The topological polar surface area (TPSA) is 89.7 Å². The number of halogens is 1. The number of aliphatic hydroxyl groups excluding tert-OH is 1. The molecule has 3 heterocycles. The number of benzene rings is 2. The highest BCUT2D eigenvalue weighted by Crippen LogP contribution is 2.42. The van der Waals surface area contributed by atoms with Gasteiger partial charge in [0.05, 0.1) is 11.7 Å². The van der Waals surface area contributed by atoms with Crippen LogP contribution >= 0.6 is 11.6 Å². The SMILES string of the molecule is CNC1=NC(O)N(c2ccc3[nH]ncc3c2)c2c1oc1ccc(Cl)cc21. The molecule has 0 aliphatic carbocycles. The number of aromatic amines is 1. The summed E-state index contributed by atoms with van der Waals surface area (Å²) in [6.45, 7) is 0. The number of nitrogens with one attached hydrogen (secondary N) is 2. The molecule has 4 aromatic rings. The number of aromatic nitrogens is 2. The second-order valence-corrected chi connectivity index (χ2v) is 6.44. The van der Waals surface area contributed by atoms with Gasteiger partial charge >= 0.3 is 0 Å². The van der Waals surface area contributed by atoms with E-state index in [1.807, 2.05) is 30.3 Å². The molecule has 0 bridgehead atoms. The number of H-pyrrole nitrogens is 1. The van der Waals surface area contributed by atoms with E-state index in [-0.39, 0.29) is 0 Å². The molecule has 7 nitrogen and oxygen atoms in total. The van der Waals surface area contributed by atoms with Crippen molar-refractivity contribution < 1.29 is 9.52 Å². The van der Waals surface area contributed by atoms with E-state index < -0.39 is 6.35 Å². The number of anilines is 2. The summed E-state index contributed by atoms with van der Waals surface area (Å²) in [5.74, 6) is 1.04. The predicted octanol–water partition coefficient (Wildman–Crippen LogP) is 3.36. The van der Waals surface area contributed by atoms with Crippen LogP contribution in [0.2, 0.25) is 5.02 Å². The lowest BCUT2D eigenvalue weighted by atomic mass is 10.1. The van der Waals surface area contributed by atoms with Gasteiger partial charge in [0.15, 0.2) is 11.6 Å². The Morgan fingerprint density at radius 2 is 2.15 bits per heavy atom. The first-order valence-corrected chi connectivity index (χ1v) is 8.42. The van der Waals surface area contributed by atoms with Gasteiger partial charge in [-0.1, -0.05) is 11.6 Å². The molecule has 5 rings (SSSR count). The van der Waals surface area contributed by atoms with Crippen LogP contribution in [0.1, 0.15) is 5.76 Å². The van der Waals surface area contributed by atoms with Crippen LogP contribution in [-0.4, -0.2) is 34.5 Å². The molecule has 0 saturated heterocycles. The average molecular weight is 368 g/mol. The summed E-state index contributed by atoms with van der Waals surface area (Å²) in [7, 11) is 1.74. The number of rotatable bonds is 1. The van der Waals surface area contributed by atoms with Crippen LogP contribution in [0.5, 0.6) is 0 Å². The number of amidine groups is 1. The zero-order valence-corrected chi connectivity index (χ0v) is 14.4. The van der Waals surface area contributed by atoms with E-state index in [0.717, 1.165) is 27.7 Å². The highest BCUT2D eigenvalue weighted by Gasteiger charge is 2.33. The molecule has 1 unspecified atom stereocenters. The van der Waals surface area contributed by atoms with Gasteiger partial charge in [-0.3, -0.25) is 10.00 Å². The van der Waals surface area contributed by atoms with Gasteiger partial charge in [0.2, 0.25) is 6.35 Å². The van der Waals surface area contributed by atoms with Crippen molar-refractivity contribution in [2.45, 2.75) is 6.35 Å². The molecule has 1 atom stereocenters. The van der Waals surface area contributed by atoms with Crippen molar-refractivity contribution in [2.24, 2.45) is 4.99 Å². The minimum atomic E-state index is -1.10. The summed E-state index contributed by atoms with van der Waals surface area (Å²) in [5, 5.41) is 23.0. The number of fused-ring (bicyclic) bond motifs is 4. The molecule has 130 valence electrons. The van der Waals surface area contributed by atoms with Crippen molar-refractivity contribution in [3.63, 3.8) is 0 Å². The van der Waals surface area contributed by atoms with Crippen molar-refractivity contribution in [1.82, 2.24) is 15.5 Å². The van der Waals surface area contributed by atoms with Crippen molar-refractivity contribution in [3.05, 3.63) is 53.4 Å². The monoisotopic (exact) mass is 367 g/mol. The molecule has 3 N–H and O–H groups in total. The Hall–Kier alpha value is -3.03. The number of aliphatic imine (C=N–C) groups is 1. The maximum Gasteiger partial charge on any atom is 0.232 e. The highest BCUT2D eigenvalue weighted by atomic mass is 35.5. The van der Waals surface area contributed by atoms with Crippen molar-refractivity contribution in [1.29, 1.82) is 0 Å². The standard InChI is InChI=1S/C18H14ClN5O2/c1-20-17-16-15(12-7-10(19)2-5-14(12)26-16)24(18(25)22-17)11-3-4-13-9(6-11)8-21-23-13/h2-8,18,25H,1H3,(H,20,22)(H,21,23). The molecular weight excluding hydrogens is 354 g/mol. The third-order valence-corrected chi connectivity index (χ3v) is 4.73. The summed E-state index contributed by atoms with van der Waals surface area (Å²) in [4.78, 5) is 6.05. The van der Waals surface area contributed by atoms with Crippen LogP contribution in [0, 0.1) is 0 Å². The third-order valence-electron chi connectivity index (χ3n) is 4.49. The van der Waals surface area contributed by atoms with Crippen LogP contribution in [-0.2, 0) is 0 Å². The Balaban J connectivity index is 1.80. The Bertz CT molecular complexity index is 1180. The van der Waals surface area contributed by atoms with Crippen LogP contribution < -0.4 is 10.2 Å². The first-order valence-electron chi connectivity index (χ1n) is 8.04.